The average molecular weight is 339 g/mol. The quantitative estimate of drug-likeness (QED) is 0.873. The second kappa shape index (κ2) is 7.79. The van der Waals surface area contributed by atoms with Crippen molar-refractivity contribution in [2.24, 2.45) is 0 Å². The molecule has 0 unspecified atom stereocenters. The fraction of sp³-hybridized carbons (Fsp3) is 0.316. The summed E-state index contributed by atoms with van der Waals surface area (Å²) in [4.78, 5) is 30.3. The molecule has 6 heteroatoms. The Hall–Kier alpha value is -2.89. The largest absolute Gasteiger partial charge is 0.479 e. The third-order valence-corrected chi connectivity index (χ3v) is 4.07. The molecule has 0 fully saturated rings. The van der Waals surface area contributed by atoms with Gasteiger partial charge in [0.2, 0.25) is 5.91 Å². The van der Waals surface area contributed by atoms with E-state index in [9.17, 15) is 9.59 Å². The summed E-state index contributed by atoms with van der Waals surface area (Å²) in [5, 5.41) is 2.87. The lowest BCUT2D eigenvalue weighted by atomic mass is 10.1. The number of aromatic nitrogens is 1. The van der Waals surface area contributed by atoms with Crippen LogP contribution in [0.2, 0.25) is 0 Å². The maximum Gasteiger partial charge on any atom is 0.267 e. The van der Waals surface area contributed by atoms with E-state index >= 15 is 0 Å². The number of nitrogens with one attached hydrogen (secondary N) is 1. The summed E-state index contributed by atoms with van der Waals surface area (Å²) in [5.74, 6) is 0.463. The van der Waals surface area contributed by atoms with Crippen LogP contribution in [0.3, 0.4) is 0 Å². The Labute approximate surface area is 146 Å². The van der Waals surface area contributed by atoms with Crippen molar-refractivity contribution < 1.29 is 14.3 Å². The number of nitrogens with zero attached hydrogens (tertiary/aromatic N) is 2. The van der Waals surface area contributed by atoms with Crippen LogP contribution in [0.1, 0.15) is 19.0 Å². The molecule has 2 amide bonds. The number of carbonyl (C=O) groups is 2. The highest BCUT2D eigenvalue weighted by atomic mass is 16.5. The predicted molar refractivity (Wildman–Crippen MR) is 94.5 cm³/mol. The van der Waals surface area contributed by atoms with Gasteiger partial charge in [-0.05, 0) is 31.2 Å². The Balaban J connectivity index is 1.52. The number of ether oxygens (including phenoxy) is 1. The Bertz CT molecular complexity index is 749. The second-order valence-corrected chi connectivity index (χ2v) is 5.89. The molecule has 6 nitrogen and oxygen atoms in total. The topological polar surface area (TPSA) is 71.5 Å². The van der Waals surface area contributed by atoms with E-state index in [1.165, 1.54) is 0 Å². The lowest BCUT2D eigenvalue weighted by Crippen LogP contribution is -2.45. The molecule has 1 aromatic heterocycles. The minimum absolute atomic E-state index is 0.0830. The third kappa shape index (κ3) is 4.15. The van der Waals surface area contributed by atoms with Crippen LogP contribution < -0.4 is 15.0 Å². The van der Waals surface area contributed by atoms with E-state index in [0.717, 1.165) is 5.69 Å². The van der Waals surface area contributed by atoms with Crippen molar-refractivity contribution in [2.45, 2.75) is 25.9 Å². The second-order valence-electron chi connectivity index (χ2n) is 5.89. The van der Waals surface area contributed by atoms with Gasteiger partial charge in [0.05, 0.1) is 5.69 Å². The highest BCUT2D eigenvalue weighted by Gasteiger charge is 2.31. The number of hydrogen-bond donors (Lipinski definition) is 1. The molecule has 0 radical (unpaired) electrons. The SMILES string of the molecule is C[C@@H]1Oc2ccccc2N(CCC(=O)NCCc2ccccn2)C1=O. The molecule has 0 saturated heterocycles. The number of anilines is 1. The normalized spacial score (nSPS) is 16.1. The van der Waals surface area contributed by atoms with E-state index in [4.69, 9.17) is 4.74 Å². The molecule has 2 heterocycles. The first-order valence-electron chi connectivity index (χ1n) is 8.39. The van der Waals surface area contributed by atoms with Gasteiger partial charge in [0.25, 0.3) is 5.91 Å². The fourth-order valence-electron chi connectivity index (χ4n) is 2.77. The van der Waals surface area contributed by atoms with E-state index in [2.05, 4.69) is 10.3 Å². The van der Waals surface area contributed by atoms with Gasteiger partial charge in [0.1, 0.15) is 5.75 Å². The van der Waals surface area contributed by atoms with Gasteiger partial charge in [0, 0.05) is 37.8 Å². The Morgan fingerprint density at radius 2 is 2.04 bits per heavy atom. The molecule has 25 heavy (non-hydrogen) atoms. The minimum atomic E-state index is -0.540. The number of rotatable bonds is 6. The van der Waals surface area contributed by atoms with Crippen LogP contribution in [0.25, 0.3) is 0 Å². The molecule has 0 spiro atoms. The van der Waals surface area contributed by atoms with Crippen molar-refractivity contribution in [3.8, 4) is 5.75 Å². The maximum absolute atomic E-state index is 12.4. The van der Waals surface area contributed by atoms with Crippen molar-refractivity contribution in [3.63, 3.8) is 0 Å². The summed E-state index contributed by atoms with van der Waals surface area (Å²) in [7, 11) is 0. The van der Waals surface area contributed by atoms with Gasteiger partial charge < -0.3 is 15.0 Å². The number of hydrogen-bond acceptors (Lipinski definition) is 4. The summed E-state index contributed by atoms with van der Waals surface area (Å²) in [5.41, 5.74) is 1.65. The highest BCUT2D eigenvalue weighted by molar-refractivity contribution is 6.00. The number of amides is 2. The highest BCUT2D eigenvalue weighted by Crippen LogP contribution is 2.33. The number of pyridine rings is 1. The summed E-state index contributed by atoms with van der Waals surface area (Å²) < 4.78 is 5.60. The number of para-hydroxylation sites is 2. The zero-order chi connectivity index (χ0) is 17.6. The number of benzene rings is 1. The molecule has 0 bridgehead atoms. The first-order chi connectivity index (χ1) is 12.1. The summed E-state index contributed by atoms with van der Waals surface area (Å²) in [6.45, 7) is 2.58. The van der Waals surface area contributed by atoms with E-state index in [1.807, 2.05) is 42.5 Å². The lowest BCUT2D eigenvalue weighted by Gasteiger charge is -2.32. The van der Waals surface area contributed by atoms with E-state index < -0.39 is 6.10 Å². The van der Waals surface area contributed by atoms with Crippen LogP contribution in [-0.4, -0.2) is 36.0 Å². The van der Waals surface area contributed by atoms with Gasteiger partial charge in [-0.2, -0.15) is 0 Å². The van der Waals surface area contributed by atoms with Gasteiger partial charge in [-0.3, -0.25) is 14.6 Å². The van der Waals surface area contributed by atoms with Crippen molar-refractivity contribution in [1.29, 1.82) is 0 Å². The smallest absolute Gasteiger partial charge is 0.267 e. The molecule has 1 N–H and O–H groups in total. The van der Waals surface area contributed by atoms with E-state index in [-0.39, 0.29) is 18.2 Å². The molecule has 130 valence electrons. The van der Waals surface area contributed by atoms with Gasteiger partial charge in [0.15, 0.2) is 6.10 Å². The lowest BCUT2D eigenvalue weighted by molar-refractivity contribution is -0.125. The molecule has 0 aliphatic carbocycles. The van der Waals surface area contributed by atoms with E-state index in [0.29, 0.717) is 30.9 Å². The van der Waals surface area contributed by atoms with Gasteiger partial charge in [-0.1, -0.05) is 18.2 Å². The number of fused-ring (bicyclic) bond motifs is 1. The van der Waals surface area contributed by atoms with E-state index in [1.54, 1.807) is 18.0 Å². The summed E-state index contributed by atoms with van der Waals surface area (Å²) in [6.07, 6.45) is 2.12. The van der Waals surface area contributed by atoms with Gasteiger partial charge in [-0.15, -0.1) is 0 Å². The maximum atomic E-state index is 12.4. The molecular formula is C19H21N3O3. The van der Waals surface area contributed by atoms with Crippen LogP contribution in [0, 0.1) is 0 Å². The van der Waals surface area contributed by atoms with Crippen molar-refractivity contribution in [2.75, 3.05) is 18.0 Å². The standard InChI is InChI=1S/C19H21N3O3/c1-14-19(24)22(16-7-2-3-8-17(16)25-14)13-10-18(23)21-12-9-15-6-4-5-11-20-15/h2-8,11,14H,9-10,12-13H2,1H3,(H,21,23)/t14-/m0/s1. The predicted octanol–water partition coefficient (Wildman–Crippen LogP) is 1.94. The first kappa shape index (κ1) is 17.0. The van der Waals surface area contributed by atoms with Gasteiger partial charge >= 0.3 is 0 Å². The van der Waals surface area contributed by atoms with Crippen molar-refractivity contribution in [1.82, 2.24) is 10.3 Å². The van der Waals surface area contributed by atoms with Crippen LogP contribution in [0.15, 0.2) is 48.7 Å². The van der Waals surface area contributed by atoms with Crippen LogP contribution in [0.4, 0.5) is 5.69 Å². The van der Waals surface area contributed by atoms with Crippen molar-refractivity contribution in [3.05, 3.63) is 54.4 Å². The molecule has 2 aromatic rings. The van der Waals surface area contributed by atoms with Crippen LogP contribution in [0.5, 0.6) is 5.75 Å². The average Bonchev–Trinajstić information content (AvgIpc) is 2.63. The Kier molecular flexibility index (Phi) is 5.28. The third-order valence-electron chi connectivity index (χ3n) is 4.07. The van der Waals surface area contributed by atoms with Crippen LogP contribution >= 0.6 is 0 Å². The Morgan fingerprint density at radius 1 is 1.24 bits per heavy atom. The molecule has 1 aliphatic rings. The molecule has 1 aliphatic heterocycles. The summed E-state index contributed by atoms with van der Waals surface area (Å²) in [6, 6.07) is 13.1. The van der Waals surface area contributed by atoms with Gasteiger partial charge in [-0.25, -0.2) is 0 Å². The molecule has 1 aromatic carbocycles. The number of carbonyl (C=O) groups excluding carboxylic acids is 2. The monoisotopic (exact) mass is 339 g/mol. The molecule has 1 atom stereocenters. The Morgan fingerprint density at radius 3 is 2.84 bits per heavy atom. The van der Waals surface area contributed by atoms with Crippen molar-refractivity contribution >= 4 is 17.5 Å². The zero-order valence-corrected chi connectivity index (χ0v) is 14.1. The minimum Gasteiger partial charge on any atom is -0.479 e. The fourth-order valence-corrected chi connectivity index (χ4v) is 2.77. The first-order valence-corrected chi connectivity index (χ1v) is 8.39. The van der Waals surface area contributed by atoms with Crippen LogP contribution in [-0.2, 0) is 16.0 Å². The molecular weight excluding hydrogens is 318 g/mol. The zero-order valence-electron chi connectivity index (χ0n) is 14.1. The summed E-state index contributed by atoms with van der Waals surface area (Å²) >= 11 is 0. The molecule has 0 saturated carbocycles. The molecule has 3 rings (SSSR count).